The van der Waals surface area contributed by atoms with Gasteiger partial charge in [0.15, 0.2) is 0 Å². The first-order valence-corrected chi connectivity index (χ1v) is 12.9. The van der Waals surface area contributed by atoms with E-state index in [1.165, 1.54) is 61.2 Å². The molecule has 8 rings (SSSR count). The summed E-state index contributed by atoms with van der Waals surface area (Å²) in [6.45, 7) is 2.42. The van der Waals surface area contributed by atoms with Gasteiger partial charge in [0.2, 0.25) is 0 Å². The first kappa shape index (κ1) is 19.9. The quantitative estimate of drug-likeness (QED) is 0.249. The molecule has 0 saturated heterocycles. The van der Waals surface area contributed by atoms with Crippen LogP contribution in [0.2, 0.25) is 0 Å². The van der Waals surface area contributed by atoms with Crippen LogP contribution in [0.15, 0.2) is 115 Å². The van der Waals surface area contributed by atoms with Gasteiger partial charge < -0.3 is 9.47 Å². The van der Waals surface area contributed by atoms with E-state index in [2.05, 4.69) is 132 Å². The van der Waals surface area contributed by atoms with E-state index >= 15 is 0 Å². The van der Waals surface area contributed by atoms with Crippen molar-refractivity contribution >= 4 is 38.9 Å². The third kappa shape index (κ3) is 2.56. The largest absolute Gasteiger partial charge is 0.306 e. The Morgan fingerprint density at radius 1 is 0.611 bits per heavy atom. The first-order chi connectivity index (χ1) is 17.8. The SMILES string of the molecule is CC1c2cccc3c2-n2c4c(cccc4c4cccc(c42)N3c2ccccc2)CC1c1ccccc1. The fraction of sp³-hybridized carbons (Fsp3) is 0.118. The summed E-state index contributed by atoms with van der Waals surface area (Å²) in [5, 5.41) is 2.68. The summed E-state index contributed by atoms with van der Waals surface area (Å²) >= 11 is 0. The van der Waals surface area contributed by atoms with Gasteiger partial charge in [0, 0.05) is 16.5 Å². The highest BCUT2D eigenvalue weighted by molar-refractivity contribution is 6.17. The van der Waals surface area contributed by atoms with Crippen LogP contribution in [-0.4, -0.2) is 4.57 Å². The van der Waals surface area contributed by atoms with Crippen LogP contribution in [0.5, 0.6) is 0 Å². The first-order valence-electron chi connectivity index (χ1n) is 12.9. The molecule has 3 heterocycles. The van der Waals surface area contributed by atoms with Crippen molar-refractivity contribution in [2.75, 3.05) is 4.90 Å². The molecule has 2 heteroatoms. The number of nitrogens with zero attached hydrogens (tertiary/aromatic N) is 2. The van der Waals surface area contributed by atoms with Gasteiger partial charge in [0.25, 0.3) is 0 Å². The van der Waals surface area contributed by atoms with Crippen molar-refractivity contribution in [2.45, 2.75) is 25.2 Å². The predicted octanol–water partition coefficient (Wildman–Crippen LogP) is 9.01. The molecule has 2 atom stereocenters. The third-order valence-electron chi connectivity index (χ3n) is 8.40. The highest BCUT2D eigenvalue weighted by Crippen LogP contribution is 2.54. The second-order valence-corrected chi connectivity index (χ2v) is 10.2. The van der Waals surface area contributed by atoms with Crippen LogP contribution in [0.3, 0.4) is 0 Å². The maximum Gasteiger partial charge on any atom is 0.0783 e. The van der Waals surface area contributed by atoms with E-state index in [4.69, 9.17) is 0 Å². The van der Waals surface area contributed by atoms with Crippen molar-refractivity contribution in [1.29, 1.82) is 0 Å². The van der Waals surface area contributed by atoms with Gasteiger partial charge in [-0.25, -0.2) is 0 Å². The number of rotatable bonds is 2. The van der Waals surface area contributed by atoms with E-state index < -0.39 is 0 Å². The molecule has 0 N–H and O–H groups in total. The van der Waals surface area contributed by atoms with Gasteiger partial charge in [0.1, 0.15) is 0 Å². The van der Waals surface area contributed by atoms with Crippen LogP contribution >= 0.6 is 0 Å². The Kier molecular flexibility index (Phi) is 4.07. The van der Waals surface area contributed by atoms with Gasteiger partial charge in [-0.15, -0.1) is 0 Å². The van der Waals surface area contributed by atoms with Crippen molar-refractivity contribution in [1.82, 2.24) is 4.57 Å². The Balaban J connectivity index is 1.56. The summed E-state index contributed by atoms with van der Waals surface area (Å²) in [6, 6.07) is 42.5. The lowest BCUT2D eigenvalue weighted by Crippen LogP contribution is -2.23. The van der Waals surface area contributed by atoms with Crippen molar-refractivity contribution < 1.29 is 0 Å². The number of hydrogen-bond acceptors (Lipinski definition) is 1. The lowest BCUT2D eigenvalue weighted by Gasteiger charge is -2.37. The number of para-hydroxylation sites is 4. The molecule has 2 aliphatic rings. The van der Waals surface area contributed by atoms with Crippen molar-refractivity contribution in [3.8, 4) is 5.69 Å². The zero-order valence-corrected chi connectivity index (χ0v) is 20.2. The summed E-state index contributed by atoms with van der Waals surface area (Å²) in [5.74, 6) is 0.771. The number of hydrogen-bond donors (Lipinski definition) is 0. The van der Waals surface area contributed by atoms with E-state index in [0.717, 1.165) is 6.42 Å². The second-order valence-electron chi connectivity index (χ2n) is 10.2. The van der Waals surface area contributed by atoms with Crippen LogP contribution in [0.1, 0.15) is 35.4 Å². The Bertz CT molecular complexity index is 1780. The van der Waals surface area contributed by atoms with E-state index in [-0.39, 0.29) is 0 Å². The molecule has 0 saturated carbocycles. The van der Waals surface area contributed by atoms with Crippen LogP contribution < -0.4 is 4.90 Å². The topological polar surface area (TPSA) is 8.17 Å². The Morgan fingerprint density at radius 3 is 2.08 bits per heavy atom. The molecule has 2 aliphatic heterocycles. The summed E-state index contributed by atoms with van der Waals surface area (Å²) in [4.78, 5) is 2.46. The predicted molar refractivity (Wildman–Crippen MR) is 150 cm³/mol. The summed E-state index contributed by atoms with van der Waals surface area (Å²) in [5.41, 5.74) is 12.0. The van der Waals surface area contributed by atoms with Gasteiger partial charge in [-0.1, -0.05) is 97.9 Å². The molecule has 2 nitrogen and oxygen atoms in total. The fourth-order valence-electron chi connectivity index (χ4n) is 6.80. The van der Waals surface area contributed by atoms with Gasteiger partial charge in [-0.05, 0) is 59.2 Å². The number of aromatic nitrogens is 1. The van der Waals surface area contributed by atoms with Crippen molar-refractivity contribution in [3.05, 3.63) is 132 Å². The molecule has 0 spiro atoms. The number of fused-ring (bicyclic) bond motifs is 1. The molecule has 5 aromatic carbocycles. The molecule has 0 amide bonds. The summed E-state index contributed by atoms with van der Waals surface area (Å²) in [6.07, 6.45) is 1.03. The molecule has 0 fully saturated rings. The van der Waals surface area contributed by atoms with Crippen LogP contribution in [0, 0.1) is 0 Å². The Hall–Kier alpha value is -4.30. The Morgan fingerprint density at radius 2 is 1.28 bits per heavy atom. The minimum absolute atomic E-state index is 0.367. The normalized spacial score (nSPS) is 18.0. The minimum Gasteiger partial charge on any atom is -0.306 e. The Labute approximate surface area is 211 Å². The zero-order chi connectivity index (χ0) is 23.8. The lowest BCUT2D eigenvalue weighted by atomic mass is 9.77. The molecule has 1 aromatic heterocycles. The molecule has 2 unspecified atom stereocenters. The second kappa shape index (κ2) is 7.35. The molecule has 0 radical (unpaired) electrons. The van der Waals surface area contributed by atoms with Crippen LogP contribution in [0.4, 0.5) is 17.1 Å². The minimum atomic E-state index is 0.367. The van der Waals surface area contributed by atoms with Crippen molar-refractivity contribution in [3.63, 3.8) is 0 Å². The molecule has 0 bridgehead atoms. The molecular formula is C34H26N2. The van der Waals surface area contributed by atoms with Crippen LogP contribution in [-0.2, 0) is 6.42 Å². The number of anilines is 3. The van der Waals surface area contributed by atoms with E-state index in [1.54, 1.807) is 0 Å². The molecule has 0 aliphatic carbocycles. The van der Waals surface area contributed by atoms with Gasteiger partial charge in [0.05, 0.1) is 28.1 Å². The average molecular weight is 463 g/mol. The van der Waals surface area contributed by atoms with Crippen LogP contribution in [0.25, 0.3) is 27.5 Å². The third-order valence-corrected chi connectivity index (χ3v) is 8.40. The summed E-state index contributed by atoms with van der Waals surface area (Å²) in [7, 11) is 0. The standard InChI is InChI=1S/C34H26N2/c1-22-26-16-9-19-30-33(26)36-32-24(21-29(22)23-11-4-2-5-12-23)13-8-17-27(32)28-18-10-20-31(34(28)36)35(30)25-14-6-3-7-15-25/h2-20,22,29H,21H2,1H3. The van der Waals surface area contributed by atoms with E-state index in [9.17, 15) is 0 Å². The van der Waals surface area contributed by atoms with Gasteiger partial charge >= 0.3 is 0 Å². The zero-order valence-electron chi connectivity index (χ0n) is 20.2. The van der Waals surface area contributed by atoms with Gasteiger partial charge in [-0.3, -0.25) is 0 Å². The van der Waals surface area contributed by atoms with Gasteiger partial charge in [-0.2, -0.15) is 0 Å². The average Bonchev–Trinajstić information content (AvgIpc) is 3.28. The molecule has 172 valence electrons. The highest BCUT2D eigenvalue weighted by Gasteiger charge is 2.35. The smallest absolute Gasteiger partial charge is 0.0783 e. The molecule has 6 aromatic rings. The van der Waals surface area contributed by atoms with E-state index in [1.807, 2.05) is 0 Å². The number of benzene rings is 5. The fourth-order valence-corrected chi connectivity index (χ4v) is 6.80. The monoisotopic (exact) mass is 462 g/mol. The molecule has 36 heavy (non-hydrogen) atoms. The maximum atomic E-state index is 2.59. The maximum absolute atomic E-state index is 2.59. The lowest BCUT2D eigenvalue weighted by molar-refractivity contribution is 0.568. The molecular weight excluding hydrogens is 436 g/mol. The van der Waals surface area contributed by atoms with Crippen molar-refractivity contribution in [2.24, 2.45) is 0 Å². The van der Waals surface area contributed by atoms with E-state index in [0.29, 0.717) is 11.8 Å². The highest BCUT2D eigenvalue weighted by atomic mass is 15.2. The summed E-state index contributed by atoms with van der Waals surface area (Å²) < 4.78 is 2.59.